The molecule has 0 aromatic heterocycles. The Labute approximate surface area is 190 Å². The molecular weight excluding hydrogens is 387 g/mol. The Hall–Kier alpha value is -0.700. The molecule has 168 valence electrons. The fourth-order valence-electron chi connectivity index (χ4n) is 3.05. The van der Waals surface area contributed by atoms with Crippen molar-refractivity contribution in [3.63, 3.8) is 0 Å². The van der Waals surface area contributed by atoms with Crippen molar-refractivity contribution in [2.75, 3.05) is 13.2 Å². The molecule has 0 aliphatic rings. The molecule has 0 aliphatic heterocycles. The van der Waals surface area contributed by atoms with Crippen LogP contribution >= 0.6 is 7.83 Å². The zero-order valence-electron chi connectivity index (χ0n) is 20.5. The maximum atomic E-state index is 6.19. The lowest BCUT2D eigenvalue weighted by Crippen LogP contribution is -2.38. The number of allylic oxidation sites excluding steroid dienone is 4. The van der Waals surface area contributed by atoms with Gasteiger partial charge in [-0.3, -0.25) is 0 Å². The summed E-state index contributed by atoms with van der Waals surface area (Å²) in [4.78, 5) is 0. The van der Waals surface area contributed by atoms with E-state index in [4.69, 9.17) is 25.6 Å². The van der Waals surface area contributed by atoms with Crippen molar-refractivity contribution < 1.29 is 4.74 Å². The molecule has 0 atom stereocenters. The molecule has 0 aromatic rings. The molecule has 0 heterocycles. The van der Waals surface area contributed by atoms with E-state index in [-0.39, 0.29) is 11.1 Å². The summed E-state index contributed by atoms with van der Waals surface area (Å²) in [5, 5.41) is 6.53. The second kappa shape index (κ2) is 15.2. The van der Waals surface area contributed by atoms with Gasteiger partial charge in [0.2, 0.25) is 0 Å². The number of hydrogen-bond donors (Lipinski definition) is 3. The zero-order chi connectivity index (χ0) is 23.2. The van der Waals surface area contributed by atoms with Gasteiger partial charge in [-0.05, 0) is 80.6 Å². The van der Waals surface area contributed by atoms with E-state index in [9.17, 15) is 0 Å². The van der Waals surface area contributed by atoms with E-state index in [0.29, 0.717) is 13.0 Å². The Morgan fingerprint density at radius 3 is 2.37 bits per heavy atom. The number of ether oxygens (including phenoxy) is 1. The van der Waals surface area contributed by atoms with Gasteiger partial charge in [0.25, 0.3) is 0 Å². The summed E-state index contributed by atoms with van der Waals surface area (Å²) in [5.74, 6) is 0. The standard InChI is InChI=1S/C23H44B2N3OP/c1-8-19(2)11-9-12-20(3)13-10-15-27-18-21(26)17-23(6,7)29-16-14-22(4,5)28-30(24)25/h8,12,18,27-28H,9-11,13-17,26H2,1-7H3/b19-8+,20-12+,21-18-. The van der Waals surface area contributed by atoms with Crippen LogP contribution in [-0.2, 0) is 4.74 Å². The highest BCUT2D eigenvalue weighted by atomic mass is 31.1. The highest BCUT2D eigenvalue weighted by molar-refractivity contribution is 7.99. The Kier molecular flexibility index (Phi) is 14.8. The van der Waals surface area contributed by atoms with Crippen LogP contribution in [0.5, 0.6) is 0 Å². The normalized spacial score (nSPS) is 14.5. The van der Waals surface area contributed by atoms with E-state index in [0.717, 1.165) is 44.3 Å². The third-order valence-corrected chi connectivity index (χ3v) is 5.85. The number of nitrogens with one attached hydrogen (secondary N) is 2. The molecule has 0 bridgehead atoms. The first-order valence-electron chi connectivity index (χ1n) is 11.0. The van der Waals surface area contributed by atoms with Crippen LogP contribution in [0, 0.1) is 0 Å². The molecule has 0 saturated carbocycles. The predicted octanol–water partition coefficient (Wildman–Crippen LogP) is 5.36. The second-order valence-electron chi connectivity index (χ2n) is 9.44. The lowest BCUT2D eigenvalue weighted by Gasteiger charge is -2.32. The van der Waals surface area contributed by atoms with Crippen molar-refractivity contribution in [3.8, 4) is 0 Å². The molecule has 0 unspecified atom stereocenters. The summed E-state index contributed by atoms with van der Waals surface area (Å²) in [7, 11) is 10.2. The van der Waals surface area contributed by atoms with Crippen molar-refractivity contribution in [2.24, 2.45) is 5.73 Å². The van der Waals surface area contributed by atoms with Crippen LogP contribution in [0.25, 0.3) is 0 Å². The average molecular weight is 431 g/mol. The van der Waals surface area contributed by atoms with Crippen molar-refractivity contribution >= 4 is 23.0 Å². The van der Waals surface area contributed by atoms with Crippen LogP contribution < -0.4 is 16.1 Å². The first-order valence-corrected chi connectivity index (χ1v) is 12.5. The van der Waals surface area contributed by atoms with E-state index < -0.39 is 7.83 Å². The maximum Gasteiger partial charge on any atom is 0.115 e. The molecule has 30 heavy (non-hydrogen) atoms. The van der Waals surface area contributed by atoms with Crippen LogP contribution in [0.4, 0.5) is 0 Å². The molecule has 0 spiro atoms. The monoisotopic (exact) mass is 431 g/mol. The molecule has 0 aliphatic carbocycles. The quantitative estimate of drug-likeness (QED) is 0.133. The Morgan fingerprint density at radius 2 is 1.77 bits per heavy atom. The van der Waals surface area contributed by atoms with Gasteiger partial charge in [0, 0.05) is 37.0 Å². The van der Waals surface area contributed by atoms with Crippen LogP contribution in [0.3, 0.4) is 0 Å². The molecule has 0 saturated heterocycles. The van der Waals surface area contributed by atoms with Gasteiger partial charge >= 0.3 is 0 Å². The summed E-state index contributed by atoms with van der Waals surface area (Å²) in [5.41, 5.74) is 9.44. The van der Waals surface area contributed by atoms with Crippen molar-refractivity contribution in [1.29, 1.82) is 0 Å². The molecule has 4 nitrogen and oxygen atoms in total. The van der Waals surface area contributed by atoms with E-state index in [2.05, 4.69) is 71.0 Å². The molecular formula is C23H44B2N3OP. The first-order chi connectivity index (χ1) is 13.9. The Morgan fingerprint density at radius 1 is 1.10 bits per heavy atom. The van der Waals surface area contributed by atoms with Crippen molar-refractivity contribution in [1.82, 2.24) is 10.4 Å². The minimum Gasteiger partial charge on any atom is -0.401 e. The van der Waals surface area contributed by atoms with Gasteiger partial charge < -0.3 is 20.9 Å². The van der Waals surface area contributed by atoms with Crippen molar-refractivity contribution in [2.45, 2.75) is 98.1 Å². The first kappa shape index (κ1) is 29.3. The van der Waals surface area contributed by atoms with Crippen LogP contribution in [0.1, 0.15) is 87.0 Å². The van der Waals surface area contributed by atoms with E-state index >= 15 is 0 Å². The van der Waals surface area contributed by atoms with E-state index in [1.54, 1.807) is 0 Å². The van der Waals surface area contributed by atoms with Gasteiger partial charge in [0.15, 0.2) is 0 Å². The van der Waals surface area contributed by atoms with Crippen LogP contribution in [0.2, 0.25) is 0 Å². The minimum absolute atomic E-state index is 0.146. The molecule has 7 heteroatoms. The highest BCUT2D eigenvalue weighted by Gasteiger charge is 2.23. The maximum absolute atomic E-state index is 6.19. The third kappa shape index (κ3) is 17.0. The summed E-state index contributed by atoms with van der Waals surface area (Å²) in [6, 6.07) is 0. The molecule has 0 fully saturated rings. The third-order valence-electron chi connectivity index (χ3n) is 4.99. The van der Waals surface area contributed by atoms with Gasteiger partial charge in [0.1, 0.15) is 15.1 Å². The topological polar surface area (TPSA) is 59.3 Å². The van der Waals surface area contributed by atoms with Gasteiger partial charge in [-0.1, -0.05) is 23.3 Å². The fraction of sp³-hybridized carbons (Fsp3) is 0.739. The van der Waals surface area contributed by atoms with Gasteiger partial charge in [-0.15, -0.1) is 7.83 Å². The molecule has 0 amide bonds. The Bertz CT molecular complexity index is 573. The Balaban J connectivity index is 4.13. The second-order valence-corrected chi connectivity index (χ2v) is 10.5. The smallest absolute Gasteiger partial charge is 0.115 e. The summed E-state index contributed by atoms with van der Waals surface area (Å²) in [6.07, 6.45) is 12.5. The molecule has 4 N–H and O–H groups in total. The summed E-state index contributed by atoms with van der Waals surface area (Å²) >= 11 is 0. The SMILES string of the molecule is [B]P([B])NC(C)(C)CCOC(C)(C)C/C(N)=C/NCCC/C(C)=C/CC/C(C)=C/C. The zero-order valence-corrected chi connectivity index (χ0v) is 21.4. The lowest BCUT2D eigenvalue weighted by molar-refractivity contribution is -0.0237. The highest BCUT2D eigenvalue weighted by Crippen LogP contribution is 2.25. The molecule has 0 aromatic carbocycles. The van der Waals surface area contributed by atoms with Gasteiger partial charge in [0.05, 0.1) is 5.60 Å². The van der Waals surface area contributed by atoms with Gasteiger partial charge in [-0.25, -0.2) is 0 Å². The van der Waals surface area contributed by atoms with E-state index in [1.165, 1.54) is 11.1 Å². The number of nitrogens with two attached hydrogens (primary N) is 1. The lowest BCUT2D eigenvalue weighted by atomic mass is 10.0. The molecule has 0 rings (SSSR count). The fourth-order valence-corrected chi connectivity index (χ4v) is 3.86. The van der Waals surface area contributed by atoms with Crippen LogP contribution in [-0.4, -0.2) is 39.4 Å². The van der Waals surface area contributed by atoms with Crippen LogP contribution in [0.15, 0.2) is 35.2 Å². The minimum atomic E-state index is -1.12. The van der Waals surface area contributed by atoms with Crippen molar-refractivity contribution in [3.05, 3.63) is 35.2 Å². The van der Waals surface area contributed by atoms with E-state index in [1.807, 2.05) is 6.20 Å². The molecule has 4 radical (unpaired) electrons. The summed E-state index contributed by atoms with van der Waals surface area (Å²) in [6.45, 7) is 16.3. The number of hydrogen-bond acceptors (Lipinski definition) is 4. The van der Waals surface area contributed by atoms with Gasteiger partial charge in [-0.2, -0.15) is 0 Å². The average Bonchev–Trinajstić information content (AvgIpc) is 2.59. The predicted molar refractivity (Wildman–Crippen MR) is 137 cm³/mol. The largest absolute Gasteiger partial charge is 0.401 e. The number of rotatable bonds is 16. The summed E-state index contributed by atoms with van der Waals surface area (Å²) < 4.78 is 6.06.